The zero-order chi connectivity index (χ0) is 16.4. The molecule has 0 amide bonds. The minimum absolute atomic E-state index is 0. The first-order valence-corrected chi connectivity index (χ1v) is 8.52. The van der Waals surface area contributed by atoms with Crippen molar-refractivity contribution in [3.05, 3.63) is 69.2 Å². The summed E-state index contributed by atoms with van der Waals surface area (Å²) in [4.78, 5) is 0. The van der Waals surface area contributed by atoms with E-state index in [4.69, 9.17) is 4.74 Å². The van der Waals surface area contributed by atoms with E-state index in [1.165, 1.54) is 39.6 Å². The van der Waals surface area contributed by atoms with Crippen molar-refractivity contribution in [3.63, 3.8) is 0 Å². The number of rotatable bonds is 0. The van der Waals surface area contributed by atoms with Gasteiger partial charge in [0.05, 0.1) is 0 Å². The Morgan fingerprint density at radius 3 is 1.44 bits per heavy atom. The fraction of sp³-hybridized carbons (Fsp3) is 0.400. The summed E-state index contributed by atoms with van der Waals surface area (Å²) < 4.78 is 6.11. The van der Waals surface area contributed by atoms with E-state index in [0.717, 1.165) is 13.2 Å². The number of halogens is 2. The Labute approximate surface area is 207 Å². The molecule has 0 bridgehead atoms. The molecule has 0 radical (unpaired) electrons. The zero-order valence-corrected chi connectivity index (χ0v) is 21.9. The molecule has 25 heavy (non-hydrogen) atoms. The topological polar surface area (TPSA) is 9.23 Å². The minimum atomic E-state index is 0. The number of hydrogen-bond acceptors (Lipinski definition) is 1. The van der Waals surface area contributed by atoms with Crippen molar-refractivity contribution in [2.45, 2.75) is 40.5 Å². The van der Waals surface area contributed by atoms with Gasteiger partial charge in [-0.3, -0.25) is 0 Å². The van der Waals surface area contributed by atoms with Crippen molar-refractivity contribution in [1.82, 2.24) is 0 Å². The second-order valence-corrected chi connectivity index (χ2v) is 6.63. The van der Waals surface area contributed by atoms with Crippen molar-refractivity contribution in [3.8, 4) is 0 Å². The Morgan fingerprint density at radius 2 is 1.20 bits per heavy atom. The largest absolute Gasteiger partial charge is 2.00 e. The summed E-state index contributed by atoms with van der Waals surface area (Å²) in [5.41, 5.74) is 5.18. The van der Waals surface area contributed by atoms with Gasteiger partial charge in [0.25, 0.3) is 0 Å². The Balaban J connectivity index is -0.0000000842. The van der Waals surface area contributed by atoms with Crippen molar-refractivity contribution in [2.75, 3.05) is 13.2 Å². The predicted molar refractivity (Wildman–Crippen MR) is 112 cm³/mol. The molecule has 0 aliphatic carbocycles. The Morgan fingerprint density at radius 1 is 0.800 bits per heavy atom. The van der Waals surface area contributed by atoms with Crippen LogP contribution in [0.1, 0.15) is 37.9 Å². The third-order valence-electron chi connectivity index (χ3n) is 3.09. The summed E-state index contributed by atoms with van der Waals surface area (Å²) in [5, 5.41) is 0. The standard InChI is InChI=1S/C8H9Br.C8H9.C4H8O.BrH.2Mg.2H/c1-6-3-7(2)5-8(9)4-6;1-7-4-3-5-8(2)6-7;1-2-4-5-3-1;;;;;/h3-5H,1-2H3;4-6H,1-2H3;1-4H2;1H;;;;/q;-1;;;2*+2;2*-1/p-1. The molecule has 0 aromatic heterocycles. The maximum absolute atomic E-state index is 4.94. The fourth-order valence-corrected chi connectivity index (χ4v) is 2.90. The molecule has 1 heterocycles. The molecule has 3 rings (SSSR count). The van der Waals surface area contributed by atoms with Gasteiger partial charge < -0.3 is 24.6 Å². The number of hydrogen-bond donors (Lipinski definition) is 0. The maximum atomic E-state index is 4.94. The van der Waals surface area contributed by atoms with Crippen LogP contribution in [0, 0.1) is 33.8 Å². The van der Waals surface area contributed by atoms with Crippen LogP contribution in [0.5, 0.6) is 0 Å². The van der Waals surface area contributed by atoms with Gasteiger partial charge in [-0.1, -0.05) is 35.8 Å². The van der Waals surface area contributed by atoms with E-state index in [1.54, 1.807) is 0 Å². The van der Waals surface area contributed by atoms with Gasteiger partial charge in [-0.2, -0.15) is 35.4 Å². The van der Waals surface area contributed by atoms with Crippen molar-refractivity contribution >= 4 is 62.0 Å². The van der Waals surface area contributed by atoms with Crippen LogP contribution >= 0.6 is 15.9 Å². The van der Waals surface area contributed by atoms with Gasteiger partial charge in [0.1, 0.15) is 0 Å². The second kappa shape index (κ2) is 18.3. The third-order valence-corrected chi connectivity index (χ3v) is 3.55. The number of ether oxygens (including phenoxy) is 1. The van der Waals surface area contributed by atoms with Crippen LogP contribution < -0.4 is 17.0 Å². The maximum Gasteiger partial charge on any atom is 2.00 e. The quantitative estimate of drug-likeness (QED) is 0.405. The predicted octanol–water partition coefficient (Wildman–Crippen LogP) is 2.43. The molecule has 5 heteroatoms. The molecular formula is C20H28Br2Mg2O. The Kier molecular flexibility index (Phi) is 22.4. The monoisotopic (exact) mass is 490 g/mol. The normalized spacial score (nSPS) is 11.2. The van der Waals surface area contributed by atoms with Crippen LogP contribution in [0.2, 0.25) is 0 Å². The smallest absolute Gasteiger partial charge is 1.00 e. The van der Waals surface area contributed by atoms with E-state index in [9.17, 15) is 0 Å². The number of benzene rings is 2. The van der Waals surface area contributed by atoms with Crippen LogP contribution in [0.3, 0.4) is 0 Å². The minimum Gasteiger partial charge on any atom is -1.00 e. The van der Waals surface area contributed by atoms with Crippen LogP contribution in [0.25, 0.3) is 0 Å². The number of aryl methyl sites for hydroxylation is 4. The average Bonchev–Trinajstić information content (AvgIpc) is 2.96. The van der Waals surface area contributed by atoms with Gasteiger partial charge in [-0.15, -0.1) is 0 Å². The van der Waals surface area contributed by atoms with Gasteiger partial charge in [-0.25, -0.2) is 0 Å². The van der Waals surface area contributed by atoms with Gasteiger partial charge in [-0.05, 0) is 49.9 Å². The van der Waals surface area contributed by atoms with Gasteiger partial charge in [0.15, 0.2) is 0 Å². The van der Waals surface area contributed by atoms with Crippen molar-refractivity contribution in [1.29, 1.82) is 0 Å². The first kappa shape index (κ1) is 30.6. The molecule has 0 N–H and O–H groups in total. The molecule has 1 aliphatic rings. The Bertz CT molecular complexity index is 508. The molecule has 1 saturated heterocycles. The molecule has 0 saturated carbocycles. The molecule has 2 aromatic carbocycles. The molecule has 1 aliphatic heterocycles. The molecule has 0 spiro atoms. The summed E-state index contributed by atoms with van der Waals surface area (Å²) in [6, 6.07) is 15.5. The van der Waals surface area contributed by atoms with Crippen LogP contribution in [0.15, 0.2) is 40.9 Å². The van der Waals surface area contributed by atoms with Crippen molar-refractivity contribution < 1.29 is 24.6 Å². The third kappa shape index (κ3) is 16.8. The van der Waals surface area contributed by atoms with Gasteiger partial charge in [0, 0.05) is 17.7 Å². The van der Waals surface area contributed by atoms with E-state index in [-0.39, 0.29) is 65.9 Å². The van der Waals surface area contributed by atoms with Crippen LogP contribution in [0.4, 0.5) is 0 Å². The molecule has 2 aromatic rings. The van der Waals surface area contributed by atoms with E-state index in [2.05, 4.69) is 74.0 Å². The zero-order valence-electron chi connectivity index (χ0n) is 17.9. The van der Waals surface area contributed by atoms with Crippen molar-refractivity contribution in [2.24, 2.45) is 0 Å². The second-order valence-electron chi connectivity index (χ2n) is 5.71. The summed E-state index contributed by atoms with van der Waals surface area (Å²) in [7, 11) is 0. The van der Waals surface area contributed by atoms with Gasteiger partial charge in [0.2, 0.25) is 0 Å². The first-order chi connectivity index (χ1) is 10.5. The van der Waals surface area contributed by atoms with Crippen LogP contribution in [-0.4, -0.2) is 59.3 Å². The van der Waals surface area contributed by atoms with E-state index in [0.29, 0.717) is 0 Å². The molecule has 1 fully saturated rings. The summed E-state index contributed by atoms with van der Waals surface area (Å²) in [6.07, 6.45) is 2.56. The molecule has 1 nitrogen and oxygen atoms in total. The summed E-state index contributed by atoms with van der Waals surface area (Å²) in [6.45, 7) is 10.3. The van der Waals surface area contributed by atoms with E-state index >= 15 is 0 Å². The first-order valence-electron chi connectivity index (χ1n) is 7.73. The molecule has 0 atom stereocenters. The summed E-state index contributed by atoms with van der Waals surface area (Å²) in [5.74, 6) is 0. The van der Waals surface area contributed by atoms with E-state index < -0.39 is 0 Å². The van der Waals surface area contributed by atoms with E-state index in [1.807, 2.05) is 12.1 Å². The summed E-state index contributed by atoms with van der Waals surface area (Å²) >= 11 is 3.41. The SMILES string of the molecule is C1CCOC1.Cc1c[c-]cc(C)c1.Cc1cc(C)cc(Br)c1.[Br-].[H-].[H-].[Mg+2].[Mg+2]. The van der Waals surface area contributed by atoms with Gasteiger partial charge >= 0.3 is 46.1 Å². The molecular weight excluding hydrogens is 465 g/mol. The molecule has 0 unspecified atom stereocenters. The Hall–Kier alpha value is 0.892. The average molecular weight is 493 g/mol. The molecule has 132 valence electrons. The van der Waals surface area contributed by atoms with Crippen LogP contribution in [-0.2, 0) is 4.74 Å². The fourth-order valence-electron chi connectivity index (χ4n) is 2.18.